The Hall–Kier alpha value is -3.83. The maximum Gasteiger partial charge on any atom is 0.357 e. The van der Waals surface area contributed by atoms with E-state index in [1.54, 1.807) is 50.1 Å². The zero-order valence-corrected chi connectivity index (χ0v) is 28.9. The van der Waals surface area contributed by atoms with Crippen LogP contribution < -0.4 is 9.47 Å². The fourth-order valence-corrected chi connectivity index (χ4v) is 6.88. The van der Waals surface area contributed by atoms with E-state index in [0.29, 0.717) is 28.5 Å². The number of thiazole rings is 1. The van der Waals surface area contributed by atoms with Gasteiger partial charge in [-0.3, -0.25) is 4.79 Å². The summed E-state index contributed by atoms with van der Waals surface area (Å²) in [6, 6.07) is 9.96. The van der Waals surface area contributed by atoms with E-state index in [-0.39, 0.29) is 30.1 Å². The van der Waals surface area contributed by atoms with Gasteiger partial charge in [-0.05, 0) is 88.4 Å². The van der Waals surface area contributed by atoms with Crippen molar-refractivity contribution in [1.29, 1.82) is 0 Å². The van der Waals surface area contributed by atoms with Crippen LogP contribution in [0.1, 0.15) is 81.4 Å². The van der Waals surface area contributed by atoms with Gasteiger partial charge in [-0.2, -0.15) is 0 Å². The third-order valence-electron chi connectivity index (χ3n) is 7.57. The molecule has 3 atom stereocenters. The molecule has 1 aromatic heterocycles. The molecule has 0 aliphatic carbocycles. The molecule has 8 nitrogen and oxygen atoms in total. The summed E-state index contributed by atoms with van der Waals surface area (Å²) in [7, 11) is 1.54. The van der Waals surface area contributed by atoms with Crippen molar-refractivity contribution in [2.45, 2.75) is 71.6 Å². The van der Waals surface area contributed by atoms with Crippen LogP contribution in [0.25, 0.3) is 5.57 Å². The number of rotatable bonds is 10. The van der Waals surface area contributed by atoms with Crippen molar-refractivity contribution in [3.8, 4) is 11.5 Å². The molecule has 1 amide bonds. The average molecular weight is 669 g/mol. The number of amides is 1. The highest BCUT2D eigenvalue weighted by molar-refractivity contribution is 7.79. The Balaban J connectivity index is 1.81. The predicted molar refractivity (Wildman–Crippen MR) is 180 cm³/mol. The number of carbonyl (C=O) groups excluding carboxylic acids is 2. The highest BCUT2D eigenvalue weighted by Crippen LogP contribution is 2.52. The number of hydrogen-bond donors (Lipinski definition) is 0. The largest absolute Gasteiger partial charge is 0.496 e. The number of nitrogens with zero attached hydrogens (tertiary/aromatic N) is 2. The van der Waals surface area contributed by atoms with Gasteiger partial charge in [0.1, 0.15) is 33.5 Å². The molecule has 2 heterocycles. The van der Waals surface area contributed by atoms with Crippen LogP contribution in [0.3, 0.4) is 0 Å². The highest BCUT2D eigenvalue weighted by atomic mass is 32.1. The fourth-order valence-electron chi connectivity index (χ4n) is 5.90. The number of esters is 1. The van der Waals surface area contributed by atoms with E-state index in [1.807, 2.05) is 26.2 Å². The molecule has 1 fully saturated rings. The summed E-state index contributed by atoms with van der Waals surface area (Å²) in [5.41, 5.74) is -0.257. The second-order valence-electron chi connectivity index (χ2n) is 12.9. The Bertz CT molecular complexity index is 1570. The van der Waals surface area contributed by atoms with Crippen molar-refractivity contribution in [2.75, 3.05) is 13.7 Å². The Labute approximate surface area is 279 Å². The Morgan fingerprint density at radius 2 is 1.89 bits per heavy atom. The van der Waals surface area contributed by atoms with Crippen LogP contribution in [0.5, 0.6) is 11.5 Å². The highest BCUT2D eigenvalue weighted by Gasteiger charge is 2.61. The first-order valence-corrected chi connectivity index (χ1v) is 16.3. The summed E-state index contributed by atoms with van der Waals surface area (Å²) in [5, 5.41) is 2.31. The number of hydrogen-bond acceptors (Lipinski definition) is 9. The van der Waals surface area contributed by atoms with E-state index in [1.165, 1.54) is 42.7 Å². The normalized spacial score (nSPS) is 19.5. The molecule has 46 heavy (non-hydrogen) atoms. The summed E-state index contributed by atoms with van der Waals surface area (Å²) >= 11 is 6.76. The summed E-state index contributed by atoms with van der Waals surface area (Å²) in [4.78, 5) is 35.5. The number of benzene rings is 2. The molecule has 3 aromatic rings. The number of thiocarbonyl (C=S) groups is 1. The fraction of sp³-hybridized carbons (Fsp3) is 0.429. The van der Waals surface area contributed by atoms with Gasteiger partial charge >= 0.3 is 11.2 Å². The summed E-state index contributed by atoms with van der Waals surface area (Å²) in [6.45, 7) is 15.3. The van der Waals surface area contributed by atoms with Crippen LogP contribution >= 0.6 is 23.6 Å². The minimum Gasteiger partial charge on any atom is -0.496 e. The zero-order chi connectivity index (χ0) is 33.8. The lowest BCUT2D eigenvalue weighted by atomic mass is 9.83. The van der Waals surface area contributed by atoms with Crippen LogP contribution in [0.2, 0.25) is 0 Å². The molecule has 246 valence electrons. The number of carbonyl (C=O) groups is 2. The number of halogens is 1. The molecule has 0 N–H and O–H groups in total. The maximum absolute atomic E-state index is 14.8. The summed E-state index contributed by atoms with van der Waals surface area (Å²) in [6.07, 6.45) is 2.24. The number of likely N-dealkylation sites (tertiary alicyclic amines) is 1. The van der Waals surface area contributed by atoms with Crippen LogP contribution in [0.4, 0.5) is 4.39 Å². The van der Waals surface area contributed by atoms with Gasteiger partial charge in [0.2, 0.25) is 0 Å². The van der Waals surface area contributed by atoms with Crippen LogP contribution in [0, 0.1) is 17.7 Å². The molecule has 0 saturated carbocycles. The van der Waals surface area contributed by atoms with Gasteiger partial charge in [-0.15, -0.1) is 11.3 Å². The SMILES string of the molecule is C=C(C)c1ccc(C(=O)N2[C@@H](c3nccs3)[C@H](COC(=S)Oc3ccc(F)cc3)C[C@@]2(CC(C)C)C(=O)OC(C)(C)C)cc1OC. The quantitative estimate of drug-likeness (QED) is 0.159. The lowest BCUT2D eigenvalue weighted by molar-refractivity contribution is -0.168. The van der Waals surface area contributed by atoms with Gasteiger partial charge in [0.25, 0.3) is 5.91 Å². The monoisotopic (exact) mass is 668 g/mol. The summed E-state index contributed by atoms with van der Waals surface area (Å²) in [5.74, 6) is -0.862. The van der Waals surface area contributed by atoms with E-state index in [9.17, 15) is 14.0 Å². The van der Waals surface area contributed by atoms with E-state index >= 15 is 0 Å². The van der Waals surface area contributed by atoms with Crippen molar-refractivity contribution >= 4 is 46.2 Å². The van der Waals surface area contributed by atoms with E-state index in [2.05, 4.69) is 11.6 Å². The number of ether oxygens (including phenoxy) is 4. The first-order valence-electron chi connectivity index (χ1n) is 15.1. The maximum atomic E-state index is 14.8. The molecule has 0 radical (unpaired) electrons. The molecular weight excluding hydrogens is 628 g/mol. The van der Waals surface area contributed by atoms with Gasteiger partial charge in [0.05, 0.1) is 19.8 Å². The molecule has 0 unspecified atom stereocenters. The van der Waals surface area contributed by atoms with E-state index in [0.717, 1.165) is 11.1 Å². The average Bonchev–Trinajstić information content (AvgIpc) is 3.62. The standard InChI is InChI=1S/C35H41FN2O6S2/c1-21(2)18-35(32(40)44-34(5,6)7)19-24(20-42-33(45)43-26-12-10-25(36)11-13-26)29(30-37-15-16-46-30)38(35)31(39)23-9-14-27(22(3)4)28(17-23)41-8/h9-17,21,24,29H,3,18-20H2,1-2,4-8H3/t24-,29+,35-/m0/s1. The minimum atomic E-state index is -1.36. The topological polar surface area (TPSA) is 87.2 Å². The molecule has 1 saturated heterocycles. The zero-order valence-electron chi connectivity index (χ0n) is 27.3. The molecule has 1 aliphatic heterocycles. The Kier molecular flexibility index (Phi) is 10.9. The number of aromatic nitrogens is 1. The second-order valence-corrected chi connectivity index (χ2v) is 14.2. The van der Waals surface area contributed by atoms with Crippen molar-refractivity contribution in [3.05, 3.63) is 82.6 Å². The third-order valence-corrected chi connectivity index (χ3v) is 8.62. The van der Waals surface area contributed by atoms with Gasteiger partial charge < -0.3 is 23.8 Å². The second kappa shape index (κ2) is 14.3. The van der Waals surface area contributed by atoms with Crippen LogP contribution in [-0.2, 0) is 14.3 Å². The predicted octanol–water partition coefficient (Wildman–Crippen LogP) is 8.03. The molecule has 4 rings (SSSR count). The number of methoxy groups -OCH3 is 1. The molecule has 2 aromatic carbocycles. The molecule has 1 aliphatic rings. The number of allylic oxidation sites excluding steroid dienone is 1. The molecule has 11 heteroatoms. The van der Waals surface area contributed by atoms with E-state index in [4.69, 9.17) is 31.2 Å². The molecule has 0 spiro atoms. The van der Waals surface area contributed by atoms with Gasteiger partial charge in [0, 0.05) is 40.8 Å². The van der Waals surface area contributed by atoms with Gasteiger partial charge in [-0.25, -0.2) is 14.2 Å². The Morgan fingerprint density at radius 3 is 2.46 bits per heavy atom. The first kappa shape index (κ1) is 35.0. The minimum absolute atomic E-state index is 0.0163. The molecular formula is C35H41FN2O6S2. The third kappa shape index (κ3) is 7.93. The van der Waals surface area contributed by atoms with Gasteiger partial charge in [0.15, 0.2) is 0 Å². The molecule has 0 bridgehead atoms. The van der Waals surface area contributed by atoms with Gasteiger partial charge in [-0.1, -0.05) is 26.5 Å². The Morgan fingerprint density at radius 1 is 1.20 bits per heavy atom. The lowest BCUT2D eigenvalue weighted by Gasteiger charge is -2.41. The van der Waals surface area contributed by atoms with Crippen molar-refractivity contribution in [1.82, 2.24) is 9.88 Å². The summed E-state index contributed by atoms with van der Waals surface area (Å²) < 4.78 is 36.7. The lowest BCUT2D eigenvalue weighted by Crippen LogP contribution is -2.56. The first-order chi connectivity index (χ1) is 21.6. The van der Waals surface area contributed by atoms with Crippen LogP contribution in [-0.4, -0.2) is 51.9 Å². The van der Waals surface area contributed by atoms with Crippen molar-refractivity contribution in [3.63, 3.8) is 0 Å². The van der Waals surface area contributed by atoms with E-state index < -0.39 is 34.9 Å². The smallest absolute Gasteiger partial charge is 0.357 e. The van der Waals surface area contributed by atoms with Crippen molar-refractivity contribution in [2.24, 2.45) is 11.8 Å². The van der Waals surface area contributed by atoms with Crippen LogP contribution in [0.15, 0.2) is 60.6 Å². The van der Waals surface area contributed by atoms with Crippen molar-refractivity contribution < 1.29 is 32.9 Å².